The summed E-state index contributed by atoms with van der Waals surface area (Å²) in [6, 6.07) is -0.0287. The van der Waals surface area contributed by atoms with Gasteiger partial charge in [-0.3, -0.25) is 0 Å². The number of rotatable bonds is 2. The molecule has 0 aliphatic heterocycles. The van der Waals surface area contributed by atoms with E-state index in [1.165, 1.54) is 32.1 Å². The third kappa shape index (κ3) is 5.11. The monoisotopic (exact) mass is 295 g/mol. The van der Waals surface area contributed by atoms with Crippen LogP contribution in [-0.2, 0) is 4.79 Å². The van der Waals surface area contributed by atoms with Gasteiger partial charge in [-0.05, 0) is 18.8 Å². The number of halogens is 3. The summed E-state index contributed by atoms with van der Waals surface area (Å²) in [7, 11) is 0. The Morgan fingerprint density at radius 1 is 1.35 bits per heavy atom. The number of carbonyl (C=O) groups is 1. The normalized spacial score (nSPS) is 18.0. The van der Waals surface area contributed by atoms with E-state index in [2.05, 4.69) is 20.6 Å². The number of nitrogens with two attached hydrogens (primary N) is 1. The quantitative estimate of drug-likeness (QED) is 0.759. The average molecular weight is 295 g/mol. The van der Waals surface area contributed by atoms with Crippen molar-refractivity contribution in [2.45, 2.75) is 44.3 Å². The minimum Gasteiger partial charge on any atom is -0.475 e. The van der Waals surface area contributed by atoms with Crippen LogP contribution >= 0.6 is 0 Å². The average Bonchev–Trinajstić information content (AvgIpc) is 2.92. The topological polar surface area (TPSA) is 118 Å². The van der Waals surface area contributed by atoms with E-state index >= 15 is 0 Å². The number of carboxylic acids is 1. The maximum Gasteiger partial charge on any atom is 0.490 e. The summed E-state index contributed by atoms with van der Waals surface area (Å²) in [5.74, 6) is -1.55. The van der Waals surface area contributed by atoms with Crippen molar-refractivity contribution in [2.75, 3.05) is 0 Å². The third-order valence-electron chi connectivity index (χ3n) is 3.06. The predicted octanol–water partition coefficient (Wildman–Crippen LogP) is 1.41. The van der Waals surface area contributed by atoms with Crippen molar-refractivity contribution in [3.63, 3.8) is 0 Å². The molecule has 7 nitrogen and oxygen atoms in total. The van der Waals surface area contributed by atoms with Crippen molar-refractivity contribution < 1.29 is 23.1 Å². The van der Waals surface area contributed by atoms with Gasteiger partial charge in [-0.15, -0.1) is 10.2 Å². The van der Waals surface area contributed by atoms with E-state index in [4.69, 9.17) is 15.6 Å². The molecular formula is C10H16F3N5O2. The molecule has 1 aliphatic rings. The van der Waals surface area contributed by atoms with Gasteiger partial charge < -0.3 is 10.8 Å². The number of aromatic amines is 1. The number of aromatic nitrogens is 4. The van der Waals surface area contributed by atoms with Gasteiger partial charge in [0.1, 0.15) is 0 Å². The zero-order valence-corrected chi connectivity index (χ0v) is 10.6. The molecule has 20 heavy (non-hydrogen) atoms. The molecule has 0 saturated heterocycles. The fourth-order valence-corrected chi connectivity index (χ4v) is 2.01. The van der Waals surface area contributed by atoms with Gasteiger partial charge in [-0.2, -0.15) is 18.4 Å². The lowest BCUT2D eigenvalue weighted by molar-refractivity contribution is -0.192. The van der Waals surface area contributed by atoms with Crippen molar-refractivity contribution in [1.82, 2.24) is 20.6 Å². The first-order valence-electron chi connectivity index (χ1n) is 6.11. The van der Waals surface area contributed by atoms with Crippen molar-refractivity contribution >= 4 is 5.97 Å². The zero-order chi connectivity index (χ0) is 15.2. The van der Waals surface area contributed by atoms with Gasteiger partial charge in [0, 0.05) is 0 Å². The largest absolute Gasteiger partial charge is 0.490 e. The van der Waals surface area contributed by atoms with Crippen molar-refractivity contribution in [1.29, 1.82) is 0 Å². The highest BCUT2D eigenvalue weighted by Crippen LogP contribution is 2.31. The minimum absolute atomic E-state index is 0.0287. The molecule has 0 unspecified atom stereocenters. The molecule has 1 atom stereocenters. The third-order valence-corrected chi connectivity index (χ3v) is 3.06. The molecule has 0 bridgehead atoms. The molecule has 1 aromatic rings. The Kier molecular flexibility index (Phi) is 5.86. The second kappa shape index (κ2) is 7.17. The predicted molar refractivity (Wildman–Crippen MR) is 61.4 cm³/mol. The van der Waals surface area contributed by atoms with Crippen LogP contribution in [0.2, 0.25) is 0 Å². The molecule has 0 spiro atoms. The first-order valence-corrected chi connectivity index (χ1v) is 6.11. The van der Waals surface area contributed by atoms with Gasteiger partial charge >= 0.3 is 12.1 Å². The molecule has 1 aromatic heterocycles. The second-order valence-corrected chi connectivity index (χ2v) is 4.50. The van der Waals surface area contributed by atoms with Crippen molar-refractivity contribution in [3.8, 4) is 0 Å². The summed E-state index contributed by atoms with van der Waals surface area (Å²) in [5, 5.41) is 20.9. The summed E-state index contributed by atoms with van der Waals surface area (Å²) in [4.78, 5) is 8.90. The number of H-pyrrole nitrogens is 1. The highest BCUT2D eigenvalue weighted by molar-refractivity contribution is 5.73. The molecule has 114 valence electrons. The van der Waals surface area contributed by atoms with Crippen LogP contribution in [-0.4, -0.2) is 37.9 Å². The number of nitrogens with one attached hydrogen (secondary N) is 1. The highest BCUT2D eigenvalue weighted by atomic mass is 19.4. The maximum atomic E-state index is 10.6. The smallest absolute Gasteiger partial charge is 0.475 e. The molecular weight excluding hydrogens is 279 g/mol. The first kappa shape index (κ1) is 16.3. The van der Waals surface area contributed by atoms with E-state index in [0.717, 1.165) is 0 Å². The standard InChI is InChI=1S/C8H15N5.C2HF3O2/c9-7(8-10-12-13-11-8)6-4-2-1-3-5-6;3-2(4,5)1(6)7/h6-7H,1-5,9H2,(H,10,11,12,13);(H,6,7)/t7-;/m0./s1. The molecule has 4 N–H and O–H groups in total. The number of carboxylic acid groups (broad SMARTS) is 1. The van der Waals surface area contributed by atoms with Crippen LogP contribution in [0, 0.1) is 5.92 Å². The van der Waals surface area contributed by atoms with Crippen molar-refractivity contribution in [3.05, 3.63) is 5.82 Å². The Balaban J connectivity index is 0.000000246. The SMILES string of the molecule is N[C@H](c1nn[nH]n1)C1CCCCC1.O=C(O)C(F)(F)F. The van der Waals surface area contributed by atoms with Gasteiger partial charge in [0.05, 0.1) is 6.04 Å². The number of nitrogens with zero attached hydrogens (tertiary/aromatic N) is 3. The van der Waals surface area contributed by atoms with Crippen LogP contribution in [0.3, 0.4) is 0 Å². The Morgan fingerprint density at radius 3 is 2.30 bits per heavy atom. The van der Waals surface area contributed by atoms with Gasteiger partial charge in [-0.25, -0.2) is 4.79 Å². The molecule has 1 heterocycles. The van der Waals surface area contributed by atoms with E-state index in [1.54, 1.807) is 0 Å². The number of hydrogen-bond acceptors (Lipinski definition) is 5. The summed E-state index contributed by atoms with van der Waals surface area (Å²) in [5.41, 5.74) is 6.03. The molecule has 0 aromatic carbocycles. The van der Waals surface area contributed by atoms with Crippen LogP contribution in [0.1, 0.15) is 44.0 Å². The second-order valence-electron chi connectivity index (χ2n) is 4.50. The molecule has 10 heteroatoms. The lowest BCUT2D eigenvalue weighted by Crippen LogP contribution is -2.24. The summed E-state index contributed by atoms with van der Waals surface area (Å²) in [6.07, 6.45) is 1.24. The van der Waals surface area contributed by atoms with Crippen molar-refractivity contribution in [2.24, 2.45) is 11.7 Å². The molecule has 1 saturated carbocycles. The minimum atomic E-state index is -5.08. The fraction of sp³-hybridized carbons (Fsp3) is 0.800. The van der Waals surface area contributed by atoms with Crippen LogP contribution < -0.4 is 5.73 Å². The van der Waals surface area contributed by atoms with Gasteiger partial charge in [0.2, 0.25) is 0 Å². The van der Waals surface area contributed by atoms with E-state index in [-0.39, 0.29) is 6.04 Å². The van der Waals surface area contributed by atoms with Crippen LogP contribution in [0.4, 0.5) is 13.2 Å². The molecule has 1 aliphatic carbocycles. The Hall–Kier alpha value is -1.71. The Morgan fingerprint density at radius 2 is 1.90 bits per heavy atom. The number of alkyl halides is 3. The van der Waals surface area contributed by atoms with E-state index in [9.17, 15) is 13.2 Å². The molecule has 2 rings (SSSR count). The number of hydrogen-bond donors (Lipinski definition) is 3. The Bertz CT molecular complexity index is 404. The fourth-order valence-electron chi connectivity index (χ4n) is 2.01. The summed E-state index contributed by atoms with van der Waals surface area (Å²) >= 11 is 0. The van der Waals surface area contributed by atoms with Crippen LogP contribution in [0.15, 0.2) is 0 Å². The van der Waals surface area contributed by atoms with Gasteiger partial charge in [0.25, 0.3) is 0 Å². The summed E-state index contributed by atoms with van der Waals surface area (Å²) in [6.45, 7) is 0. The van der Waals surface area contributed by atoms with Crippen LogP contribution in [0.5, 0.6) is 0 Å². The van der Waals surface area contributed by atoms with Gasteiger partial charge in [-0.1, -0.05) is 24.5 Å². The molecule has 0 amide bonds. The molecule has 0 radical (unpaired) electrons. The molecule has 1 fully saturated rings. The maximum absolute atomic E-state index is 10.6. The lowest BCUT2D eigenvalue weighted by atomic mass is 9.84. The van der Waals surface area contributed by atoms with E-state index in [1.807, 2.05) is 0 Å². The lowest BCUT2D eigenvalue weighted by Gasteiger charge is -2.25. The van der Waals surface area contributed by atoms with Crippen LogP contribution in [0.25, 0.3) is 0 Å². The highest BCUT2D eigenvalue weighted by Gasteiger charge is 2.38. The summed E-state index contributed by atoms with van der Waals surface area (Å²) < 4.78 is 31.7. The first-order chi connectivity index (χ1) is 9.32. The number of tetrazole rings is 1. The van der Waals surface area contributed by atoms with Gasteiger partial charge in [0.15, 0.2) is 5.82 Å². The van der Waals surface area contributed by atoms with E-state index < -0.39 is 12.1 Å². The van der Waals surface area contributed by atoms with E-state index in [0.29, 0.717) is 11.7 Å². The Labute approximate surface area is 112 Å². The zero-order valence-electron chi connectivity index (χ0n) is 10.6. The number of aliphatic carboxylic acids is 1.